The number of methoxy groups -OCH3 is 1. The molecule has 0 radical (unpaired) electrons. The summed E-state index contributed by atoms with van der Waals surface area (Å²) in [6.45, 7) is 0. The van der Waals surface area contributed by atoms with Crippen molar-refractivity contribution < 1.29 is 9.53 Å². The molecule has 8 heteroatoms. The van der Waals surface area contributed by atoms with Crippen molar-refractivity contribution in [2.24, 2.45) is 11.8 Å². The van der Waals surface area contributed by atoms with Gasteiger partial charge in [0.05, 0.1) is 18.9 Å². The Kier molecular flexibility index (Phi) is 4.44. The first-order valence-corrected chi connectivity index (χ1v) is 9.24. The second-order valence-corrected chi connectivity index (χ2v) is 7.26. The Labute approximate surface area is 149 Å². The van der Waals surface area contributed by atoms with Crippen molar-refractivity contribution in [2.75, 3.05) is 18.2 Å². The van der Waals surface area contributed by atoms with E-state index in [9.17, 15) is 4.79 Å². The van der Waals surface area contributed by atoms with Crippen LogP contribution in [0, 0.1) is 11.8 Å². The number of allylic oxidation sites excluding steroid dienone is 2. The highest BCUT2D eigenvalue weighted by Gasteiger charge is 2.38. The van der Waals surface area contributed by atoms with Crippen LogP contribution in [0.2, 0.25) is 0 Å². The normalized spacial score (nSPS) is 23.8. The van der Waals surface area contributed by atoms with Gasteiger partial charge in [0, 0.05) is 5.69 Å². The molecular weight excluding hydrogens is 338 g/mol. The Morgan fingerprint density at radius 1 is 1.32 bits per heavy atom. The molecule has 130 valence electrons. The predicted molar refractivity (Wildman–Crippen MR) is 94.6 cm³/mol. The zero-order valence-electron chi connectivity index (χ0n) is 13.8. The van der Waals surface area contributed by atoms with E-state index in [1.807, 2.05) is 28.9 Å². The van der Waals surface area contributed by atoms with E-state index in [1.54, 1.807) is 7.11 Å². The van der Waals surface area contributed by atoms with Crippen molar-refractivity contribution in [3.8, 4) is 5.75 Å². The molecule has 7 nitrogen and oxygen atoms in total. The number of thioether (sulfide) groups is 1. The number of hydrogen-bond donors (Lipinski definition) is 1. The van der Waals surface area contributed by atoms with Gasteiger partial charge in [-0.15, -0.1) is 5.10 Å². The maximum Gasteiger partial charge on any atom is 0.234 e. The Morgan fingerprint density at radius 2 is 2.16 bits per heavy atom. The van der Waals surface area contributed by atoms with Crippen molar-refractivity contribution in [2.45, 2.75) is 24.0 Å². The van der Waals surface area contributed by atoms with Crippen molar-refractivity contribution in [3.63, 3.8) is 0 Å². The first kappa shape index (κ1) is 16.1. The maximum atomic E-state index is 12.2. The number of aromatic nitrogens is 4. The molecule has 0 spiro atoms. The van der Waals surface area contributed by atoms with Crippen LogP contribution in [0.3, 0.4) is 0 Å². The van der Waals surface area contributed by atoms with Crippen LogP contribution < -0.4 is 10.1 Å². The minimum Gasteiger partial charge on any atom is -0.497 e. The third-order valence-electron chi connectivity index (χ3n) is 4.73. The van der Waals surface area contributed by atoms with Gasteiger partial charge in [-0.2, -0.15) is 0 Å². The molecule has 0 unspecified atom stereocenters. The molecule has 2 aliphatic carbocycles. The van der Waals surface area contributed by atoms with E-state index in [-0.39, 0.29) is 11.7 Å². The van der Waals surface area contributed by atoms with E-state index >= 15 is 0 Å². The number of tetrazole rings is 1. The number of carbonyl (C=O) groups excluding carboxylic acids is 1. The number of nitrogens with zero attached hydrogens (tertiary/aromatic N) is 4. The summed E-state index contributed by atoms with van der Waals surface area (Å²) in [6, 6.07) is 7.56. The van der Waals surface area contributed by atoms with Crippen LogP contribution in [-0.4, -0.2) is 39.0 Å². The number of anilines is 1. The van der Waals surface area contributed by atoms with Gasteiger partial charge in [-0.25, -0.2) is 4.68 Å². The largest absolute Gasteiger partial charge is 0.497 e. The molecule has 0 aliphatic heterocycles. The smallest absolute Gasteiger partial charge is 0.234 e. The third-order valence-corrected chi connectivity index (χ3v) is 5.66. The highest BCUT2D eigenvalue weighted by atomic mass is 32.2. The molecule has 2 aliphatic rings. The van der Waals surface area contributed by atoms with Crippen LogP contribution in [0.15, 0.2) is 41.6 Å². The minimum absolute atomic E-state index is 0.0856. The molecule has 3 atom stereocenters. The van der Waals surface area contributed by atoms with Crippen molar-refractivity contribution in [3.05, 3.63) is 36.4 Å². The lowest BCUT2D eigenvalue weighted by Crippen LogP contribution is -2.18. The maximum absolute atomic E-state index is 12.2. The number of fused-ring (bicyclic) bond motifs is 2. The molecule has 1 aromatic heterocycles. The number of benzene rings is 1. The van der Waals surface area contributed by atoms with Gasteiger partial charge in [0.2, 0.25) is 11.1 Å². The minimum atomic E-state index is -0.0856. The summed E-state index contributed by atoms with van der Waals surface area (Å²) in [5, 5.41) is 15.6. The molecule has 2 bridgehead atoms. The van der Waals surface area contributed by atoms with Crippen LogP contribution >= 0.6 is 11.8 Å². The highest BCUT2D eigenvalue weighted by Crippen LogP contribution is 2.46. The first-order chi connectivity index (χ1) is 12.2. The van der Waals surface area contributed by atoms with Crippen molar-refractivity contribution in [1.29, 1.82) is 0 Å². The van der Waals surface area contributed by atoms with Gasteiger partial charge in [-0.1, -0.05) is 23.9 Å². The summed E-state index contributed by atoms with van der Waals surface area (Å²) in [6.07, 6.45) is 6.83. The molecule has 4 rings (SSSR count). The summed E-state index contributed by atoms with van der Waals surface area (Å²) in [5.74, 6) is 2.10. The van der Waals surface area contributed by atoms with Gasteiger partial charge in [0.15, 0.2) is 0 Å². The lowest BCUT2D eigenvalue weighted by molar-refractivity contribution is -0.113. The molecule has 1 fully saturated rings. The first-order valence-electron chi connectivity index (χ1n) is 8.26. The quantitative estimate of drug-likeness (QED) is 0.632. The van der Waals surface area contributed by atoms with Gasteiger partial charge >= 0.3 is 0 Å². The Balaban J connectivity index is 1.34. The predicted octanol–water partition coefficient (Wildman–Crippen LogP) is 2.55. The zero-order valence-corrected chi connectivity index (χ0v) is 14.6. The second-order valence-electron chi connectivity index (χ2n) is 6.32. The van der Waals surface area contributed by atoms with E-state index in [1.165, 1.54) is 18.2 Å². The average molecular weight is 357 g/mol. The van der Waals surface area contributed by atoms with Gasteiger partial charge in [-0.05, 0) is 59.4 Å². The molecule has 1 saturated carbocycles. The number of amides is 1. The number of rotatable bonds is 6. The van der Waals surface area contributed by atoms with Gasteiger partial charge in [0.1, 0.15) is 5.75 Å². The summed E-state index contributed by atoms with van der Waals surface area (Å²) in [4.78, 5) is 12.2. The van der Waals surface area contributed by atoms with Crippen molar-refractivity contribution >= 4 is 23.4 Å². The Bertz CT molecular complexity index is 789. The monoisotopic (exact) mass is 357 g/mol. The van der Waals surface area contributed by atoms with Gasteiger partial charge in [0.25, 0.3) is 0 Å². The van der Waals surface area contributed by atoms with Crippen LogP contribution in [-0.2, 0) is 4.79 Å². The van der Waals surface area contributed by atoms with Crippen LogP contribution in [0.4, 0.5) is 5.69 Å². The topological polar surface area (TPSA) is 81.9 Å². The van der Waals surface area contributed by atoms with E-state index in [0.29, 0.717) is 23.0 Å². The third kappa shape index (κ3) is 3.39. The molecule has 1 amide bonds. The van der Waals surface area contributed by atoms with E-state index in [2.05, 4.69) is 33.0 Å². The number of nitrogens with one attached hydrogen (secondary N) is 1. The SMILES string of the molecule is COc1ccc(NC(=O)CSc2nnnn2[C@H]2C[C@H]3C=C[C@@H]2C3)cc1. The molecule has 1 aromatic carbocycles. The lowest BCUT2D eigenvalue weighted by atomic mass is 10.0. The molecule has 1 heterocycles. The zero-order chi connectivity index (χ0) is 17.2. The fraction of sp³-hybridized carbons (Fsp3) is 0.412. The highest BCUT2D eigenvalue weighted by molar-refractivity contribution is 7.99. The van der Waals surface area contributed by atoms with Crippen LogP contribution in [0.1, 0.15) is 18.9 Å². The van der Waals surface area contributed by atoms with Crippen LogP contribution in [0.25, 0.3) is 0 Å². The molecule has 1 N–H and O–H groups in total. The molecule has 25 heavy (non-hydrogen) atoms. The van der Waals surface area contributed by atoms with E-state index < -0.39 is 0 Å². The number of ether oxygens (including phenoxy) is 1. The fourth-order valence-electron chi connectivity index (χ4n) is 3.52. The Hall–Kier alpha value is -2.35. The Morgan fingerprint density at radius 3 is 2.84 bits per heavy atom. The van der Waals surface area contributed by atoms with Crippen molar-refractivity contribution in [1.82, 2.24) is 20.2 Å². The van der Waals surface area contributed by atoms with E-state index in [0.717, 1.165) is 17.9 Å². The average Bonchev–Trinajstić information content (AvgIpc) is 3.36. The summed E-state index contributed by atoms with van der Waals surface area (Å²) < 4.78 is 7.00. The number of carbonyl (C=O) groups is 1. The summed E-state index contributed by atoms with van der Waals surface area (Å²) in [7, 11) is 1.61. The summed E-state index contributed by atoms with van der Waals surface area (Å²) >= 11 is 1.37. The fourth-order valence-corrected chi connectivity index (χ4v) is 4.25. The molecular formula is C17H19N5O2S. The molecule has 0 saturated heterocycles. The van der Waals surface area contributed by atoms with E-state index in [4.69, 9.17) is 4.74 Å². The molecule has 2 aromatic rings. The van der Waals surface area contributed by atoms with Gasteiger partial charge in [-0.3, -0.25) is 4.79 Å². The summed E-state index contributed by atoms with van der Waals surface area (Å²) in [5.41, 5.74) is 0.740. The standard InChI is InChI=1S/C17H19N5O2S/c1-24-14-6-4-13(5-7-14)18-16(23)10-25-17-19-20-21-22(17)15-9-11-2-3-12(15)8-11/h2-7,11-12,15H,8-10H2,1H3,(H,18,23)/t11-,12+,15-/m0/s1. The van der Waals surface area contributed by atoms with Crippen LogP contribution in [0.5, 0.6) is 5.75 Å². The number of hydrogen-bond acceptors (Lipinski definition) is 6. The lowest BCUT2D eigenvalue weighted by Gasteiger charge is -2.18. The second kappa shape index (κ2) is 6.87. The van der Waals surface area contributed by atoms with Gasteiger partial charge < -0.3 is 10.1 Å².